The van der Waals surface area contributed by atoms with Crippen molar-refractivity contribution in [3.05, 3.63) is 20.6 Å². The van der Waals surface area contributed by atoms with E-state index in [-0.39, 0.29) is 11.4 Å². The number of carbonyl (C=O) groups excluding carboxylic acids is 1. The summed E-state index contributed by atoms with van der Waals surface area (Å²) in [5, 5.41) is 11.1. The molecule has 0 aliphatic heterocycles. The molecule has 1 aliphatic rings. The van der Waals surface area contributed by atoms with Crippen molar-refractivity contribution < 1.29 is 21.2 Å². The molecule has 2 nitrogen and oxygen atoms in total. The number of rotatable bonds is 2. The molecule has 1 aliphatic carbocycles. The Morgan fingerprint density at radius 1 is 0.950 bits per heavy atom. The van der Waals surface area contributed by atoms with Gasteiger partial charge in [-0.25, -0.2) is 0 Å². The van der Waals surface area contributed by atoms with Gasteiger partial charge in [-0.2, -0.15) is 0 Å². The molecule has 0 heterocycles. The third-order valence-electron chi connectivity index (χ3n) is 5.12. The normalized spacial score (nSPS) is 24.9. The summed E-state index contributed by atoms with van der Waals surface area (Å²) in [6.07, 6.45) is 0. The summed E-state index contributed by atoms with van der Waals surface area (Å²) < 4.78 is 7.59. The van der Waals surface area contributed by atoms with Gasteiger partial charge in [-0.1, -0.05) is 0 Å². The molecular weight excluding hydrogens is 284 g/mol. The molecule has 20 heavy (non-hydrogen) atoms. The number of hydrogen-bond donors (Lipinski definition) is 0. The first-order valence-corrected chi connectivity index (χ1v) is 16.8. The van der Waals surface area contributed by atoms with Crippen LogP contribution in [0, 0.1) is 5.41 Å². The van der Waals surface area contributed by atoms with Gasteiger partial charge in [0.15, 0.2) is 0 Å². The minimum atomic E-state index is -4.58. The molecule has 0 spiro atoms. The van der Waals surface area contributed by atoms with E-state index in [2.05, 4.69) is 60.8 Å². The zero-order valence-electron chi connectivity index (χ0n) is 15.3. The van der Waals surface area contributed by atoms with Crippen LogP contribution in [-0.2, 0) is 21.2 Å². The van der Waals surface area contributed by atoms with Gasteiger partial charge in [-0.3, -0.25) is 0 Å². The summed E-state index contributed by atoms with van der Waals surface area (Å²) in [5.41, 5.74) is 3.97. The molecule has 0 saturated carbocycles. The second-order valence-corrected chi connectivity index (χ2v) is 36.0. The molecule has 0 amide bonds. The molecule has 3 heteroatoms. The first kappa shape index (κ1) is 17.7. The monoisotopic (exact) mass is 317 g/mol. The van der Waals surface area contributed by atoms with E-state index in [0.717, 1.165) is 0 Å². The third-order valence-corrected chi connectivity index (χ3v) is 13.1. The molecule has 0 radical (unpaired) electrons. The molecule has 0 aromatic rings. The minimum absolute atomic E-state index is 0.0681. The maximum atomic E-state index is 11.9. The SMILES string of the molecule is CC(=O)[O][Ti]([CH3])([CH3])([CH3])([CH3])([CH3])[C]1=C(C)C(C)=C(C)C1(C)C. The summed E-state index contributed by atoms with van der Waals surface area (Å²) in [7, 11) is 0. The average Bonchev–Trinajstić information content (AvgIpc) is 2.21. The van der Waals surface area contributed by atoms with E-state index >= 15 is 0 Å². The van der Waals surface area contributed by atoms with Crippen LogP contribution in [0.5, 0.6) is 0 Å². The van der Waals surface area contributed by atoms with Crippen molar-refractivity contribution in [3.63, 3.8) is 0 Å². The van der Waals surface area contributed by atoms with Gasteiger partial charge in [0, 0.05) is 0 Å². The van der Waals surface area contributed by atoms with Crippen LogP contribution in [0.4, 0.5) is 0 Å². The molecule has 0 aromatic heterocycles. The molecule has 0 saturated heterocycles. The topological polar surface area (TPSA) is 26.3 Å². The zero-order valence-corrected chi connectivity index (χ0v) is 16.9. The van der Waals surface area contributed by atoms with Gasteiger partial charge in [0.05, 0.1) is 0 Å². The Kier molecular flexibility index (Phi) is 2.83. The van der Waals surface area contributed by atoms with Gasteiger partial charge in [0.25, 0.3) is 0 Å². The summed E-state index contributed by atoms with van der Waals surface area (Å²) in [4.78, 5) is 11.9. The molecule has 1 rings (SSSR count). The maximum absolute atomic E-state index is 11.9. The average molecular weight is 317 g/mol. The fourth-order valence-corrected chi connectivity index (χ4v) is 16.8. The van der Waals surface area contributed by atoms with Crippen LogP contribution in [0.1, 0.15) is 41.5 Å². The van der Waals surface area contributed by atoms with Gasteiger partial charge >= 0.3 is 121 Å². The van der Waals surface area contributed by atoms with Gasteiger partial charge in [-0.05, 0) is 0 Å². The summed E-state index contributed by atoms with van der Waals surface area (Å²) in [6.45, 7) is 12.6. The number of hydrogen-bond acceptors (Lipinski definition) is 2. The van der Waals surface area contributed by atoms with Crippen LogP contribution in [0.3, 0.4) is 0 Å². The van der Waals surface area contributed by atoms with Crippen LogP contribution in [-0.4, -0.2) is 5.97 Å². The Bertz CT molecular complexity index is 585. The van der Waals surface area contributed by atoms with E-state index in [1.54, 1.807) is 0 Å². The van der Waals surface area contributed by atoms with E-state index in [4.69, 9.17) is 3.32 Å². The Morgan fingerprint density at radius 2 is 1.35 bits per heavy atom. The van der Waals surface area contributed by atoms with E-state index in [9.17, 15) is 4.79 Å². The molecule has 0 bridgehead atoms. The Balaban J connectivity index is 3.90. The van der Waals surface area contributed by atoms with Crippen LogP contribution in [0.15, 0.2) is 20.6 Å². The second-order valence-electron chi connectivity index (χ2n) is 11.8. The predicted molar refractivity (Wildman–Crippen MR) is 85.9 cm³/mol. The fraction of sp³-hybridized carbons (Fsp3) is 0.706. The van der Waals surface area contributed by atoms with Gasteiger partial charge in [0.2, 0.25) is 0 Å². The van der Waals surface area contributed by atoms with Crippen molar-refractivity contribution in [1.82, 2.24) is 0 Å². The molecule has 0 N–H and O–H groups in total. The van der Waals surface area contributed by atoms with Gasteiger partial charge < -0.3 is 0 Å². The Morgan fingerprint density at radius 3 is 1.60 bits per heavy atom. The van der Waals surface area contributed by atoms with Gasteiger partial charge in [0.1, 0.15) is 0 Å². The summed E-state index contributed by atoms with van der Waals surface area (Å²) in [6, 6.07) is 0. The van der Waals surface area contributed by atoms with Crippen molar-refractivity contribution in [2.45, 2.75) is 67.7 Å². The van der Waals surface area contributed by atoms with Crippen LogP contribution in [0.2, 0.25) is 26.1 Å². The fourth-order valence-electron chi connectivity index (χ4n) is 5.14. The van der Waals surface area contributed by atoms with E-state index < -0.39 is 13.1 Å². The quantitative estimate of drug-likeness (QED) is 0.574. The van der Waals surface area contributed by atoms with Crippen molar-refractivity contribution in [1.29, 1.82) is 0 Å². The van der Waals surface area contributed by atoms with E-state index in [1.807, 2.05) is 0 Å². The summed E-state index contributed by atoms with van der Waals surface area (Å²) in [5.74, 6) is -0.184. The van der Waals surface area contributed by atoms with Crippen molar-refractivity contribution in [2.75, 3.05) is 0 Å². The Hall–Kier alpha value is -0.336. The first-order chi connectivity index (χ1) is 8.25. The first-order valence-electron chi connectivity index (χ1n) is 7.61. The van der Waals surface area contributed by atoms with Crippen molar-refractivity contribution in [3.8, 4) is 0 Å². The van der Waals surface area contributed by atoms with Crippen LogP contribution in [0.25, 0.3) is 0 Å². The standard InChI is InChI=1S/C10H15.C2H4O2.5CH3.Ti/c1-7-6-10(4,5)9(3)8(7)2;1-2(3)4;;;;;;/h1-5H3;1H3,(H,3,4);5*1H3;/q;;;;;;;+1/p-1. The molecule has 0 unspecified atom stereocenters. The van der Waals surface area contributed by atoms with Crippen molar-refractivity contribution in [2.24, 2.45) is 5.41 Å². The Labute approximate surface area is 121 Å². The predicted octanol–water partition coefficient (Wildman–Crippen LogP) is 6.12. The number of carbonyl (C=O) groups is 1. The van der Waals surface area contributed by atoms with Crippen LogP contribution < -0.4 is 0 Å². The molecule has 0 aromatic carbocycles. The second kappa shape index (κ2) is 3.20. The van der Waals surface area contributed by atoms with Crippen LogP contribution >= 0.6 is 0 Å². The number of allylic oxidation sites excluding steroid dienone is 4. The molecular formula is C17H33O2Ti. The van der Waals surface area contributed by atoms with E-state index in [1.165, 1.54) is 27.5 Å². The molecule has 117 valence electrons. The molecule has 0 atom stereocenters. The van der Waals surface area contributed by atoms with E-state index in [0.29, 0.717) is 0 Å². The van der Waals surface area contributed by atoms with Crippen molar-refractivity contribution >= 4 is 5.97 Å². The summed E-state index contributed by atoms with van der Waals surface area (Å²) >= 11 is -4.58. The third kappa shape index (κ3) is 2.57. The zero-order chi connectivity index (χ0) is 16.5. The molecule has 0 fully saturated rings. The van der Waals surface area contributed by atoms with Gasteiger partial charge in [-0.15, -0.1) is 0 Å².